The topological polar surface area (TPSA) is 49.6 Å². The number of aryl methyl sites for hydroxylation is 2. The molecule has 0 amide bonds. The SMILES string of the molecule is Cc1ccc(-c2[c-]ccc(C)c2C#N)nc1.[Ir].[c-]1ccccc1-c1ccc(-c2ccccc2)cn1. The van der Waals surface area contributed by atoms with Gasteiger partial charge in [-0.05, 0) is 40.6 Å². The standard InChI is InChI=1S/C17H12N.C14H11N2.Ir/c1-3-7-14(8-4-1)16-11-12-17(18-13-16)15-9-5-2-6-10-15;1-10-6-7-14(16-9-10)12-5-3-4-11(2)13(12)8-15;/h1-9,11-13H;3-4,6-7,9H,1-2H3;/q2*-1;. The number of benzene rings is 3. The molecule has 0 N–H and O–H groups in total. The Hall–Kier alpha value is -3.90. The van der Waals surface area contributed by atoms with E-state index in [9.17, 15) is 0 Å². The number of rotatable bonds is 3. The van der Waals surface area contributed by atoms with Gasteiger partial charge in [0.1, 0.15) is 0 Å². The quantitative estimate of drug-likeness (QED) is 0.198. The summed E-state index contributed by atoms with van der Waals surface area (Å²) in [6.45, 7) is 3.91. The third-order valence-electron chi connectivity index (χ3n) is 5.34. The fourth-order valence-corrected chi connectivity index (χ4v) is 3.47. The summed E-state index contributed by atoms with van der Waals surface area (Å²) in [6.07, 6.45) is 3.71. The molecule has 173 valence electrons. The van der Waals surface area contributed by atoms with E-state index in [4.69, 9.17) is 5.26 Å². The van der Waals surface area contributed by atoms with Crippen molar-refractivity contribution < 1.29 is 20.1 Å². The summed E-state index contributed by atoms with van der Waals surface area (Å²) in [4.78, 5) is 8.81. The van der Waals surface area contributed by atoms with Crippen molar-refractivity contribution in [1.29, 1.82) is 5.26 Å². The molecule has 35 heavy (non-hydrogen) atoms. The van der Waals surface area contributed by atoms with E-state index in [1.165, 1.54) is 5.56 Å². The van der Waals surface area contributed by atoms with Gasteiger partial charge in [-0.3, -0.25) is 0 Å². The van der Waals surface area contributed by atoms with Crippen LogP contribution in [0.1, 0.15) is 16.7 Å². The van der Waals surface area contributed by atoms with Crippen LogP contribution in [0.3, 0.4) is 0 Å². The summed E-state index contributed by atoms with van der Waals surface area (Å²) in [5, 5.41) is 9.12. The number of hydrogen-bond donors (Lipinski definition) is 0. The number of aromatic nitrogens is 2. The van der Waals surface area contributed by atoms with Gasteiger partial charge >= 0.3 is 0 Å². The van der Waals surface area contributed by atoms with Gasteiger partial charge < -0.3 is 9.97 Å². The molecule has 3 aromatic carbocycles. The molecular weight excluding hydrogens is 607 g/mol. The Labute approximate surface area is 220 Å². The summed E-state index contributed by atoms with van der Waals surface area (Å²) in [5.41, 5.74) is 8.59. The molecule has 5 rings (SSSR count). The van der Waals surface area contributed by atoms with Gasteiger partial charge in [-0.2, -0.15) is 0 Å². The first-order valence-corrected chi connectivity index (χ1v) is 11.0. The van der Waals surface area contributed by atoms with Crippen LogP contribution in [0.2, 0.25) is 0 Å². The fraction of sp³-hybridized carbons (Fsp3) is 0.0645. The van der Waals surface area contributed by atoms with Crippen molar-refractivity contribution in [2.75, 3.05) is 0 Å². The van der Waals surface area contributed by atoms with Crippen LogP contribution < -0.4 is 0 Å². The maximum Gasteiger partial charge on any atom is 0.0477 e. The molecule has 0 aliphatic carbocycles. The summed E-state index contributed by atoms with van der Waals surface area (Å²) >= 11 is 0. The number of hydrogen-bond acceptors (Lipinski definition) is 3. The molecule has 0 atom stereocenters. The third-order valence-corrected chi connectivity index (χ3v) is 5.34. The minimum Gasteiger partial charge on any atom is -0.304 e. The van der Waals surface area contributed by atoms with Crippen LogP contribution >= 0.6 is 0 Å². The molecule has 5 aromatic rings. The largest absolute Gasteiger partial charge is 0.304 e. The Morgan fingerprint density at radius 1 is 0.686 bits per heavy atom. The van der Waals surface area contributed by atoms with Crippen LogP contribution in [0.25, 0.3) is 33.6 Å². The van der Waals surface area contributed by atoms with Crippen LogP contribution in [-0.4, -0.2) is 9.97 Å². The molecule has 0 saturated heterocycles. The zero-order valence-electron chi connectivity index (χ0n) is 19.5. The van der Waals surface area contributed by atoms with Gasteiger partial charge in [0.2, 0.25) is 0 Å². The third kappa shape index (κ3) is 6.58. The van der Waals surface area contributed by atoms with Crippen molar-refractivity contribution in [2.45, 2.75) is 13.8 Å². The first kappa shape index (κ1) is 25.7. The molecule has 4 heteroatoms. The molecule has 1 radical (unpaired) electrons. The predicted octanol–water partition coefficient (Wildman–Crippen LogP) is 7.25. The van der Waals surface area contributed by atoms with E-state index in [0.717, 1.165) is 39.2 Å². The van der Waals surface area contributed by atoms with Crippen molar-refractivity contribution in [3.8, 4) is 39.7 Å². The number of nitriles is 1. The number of nitrogens with zero attached hydrogens (tertiary/aromatic N) is 3. The van der Waals surface area contributed by atoms with E-state index >= 15 is 0 Å². The predicted molar refractivity (Wildman–Crippen MR) is 137 cm³/mol. The second kappa shape index (κ2) is 12.5. The smallest absolute Gasteiger partial charge is 0.0477 e. The average Bonchev–Trinajstić information content (AvgIpc) is 2.90. The second-order valence-electron chi connectivity index (χ2n) is 7.82. The molecule has 0 saturated carbocycles. The number of pyridine rings is 2. The van der Waals surface area contributed by atoms with E-state index in [1.54, 1.807) is 6.20 Å². The Morgan fingerprint density at radius 3 is 2.06 bits per heavy atom. The minimum atomic E-state index is 0. The molecule has 3 nitrogen and oxygen atoms in total. The zero-order chi connectivity index (χ0) is 23.8. The first-order chi connectivity index (χ1) is 16.7. The maximum absolute atomic E-state index is 9.12. The Morgan fingerprint density at radius 2 is 1.43 bits per heavy atom. The van der Waals surface area contributed by atoms with E-state index in [-0.39, 0.29) is 20.1 Å². The average molecular weight is 630 g/mol. The van der Waals surface area contributed by atoms with Gasteiger partial charge in [-0.25, -0.2) is 5.26 Å². The van der Waals surface area contributed by atoms with Crippen molar-refractivity contribution >= 4 is 0 Å². The molecule has 0 fully saturated rings. The van der Waals surface area contributed by atoms with E-state index in [1.807, 2.05) is 92.8 Å². The van der Waals surface area contributed by atoms with E-state index < -0.39 is 0 Å². The van der Waals surface area contributed by atoms with Crippen LogP contribution in [-0.2, 0) is 20.1 Å². The normalized spacial score (nSPS) is 9.74. The Kier molecular flexibility index (Phi) is 9.21. The summed E-state index contributed by atoms with van der Waals surface area (Å²) in [7, 11) is 0. The van der Waals surface area contributed by atoms with Gasteiger partial charge in [0.25, 0.3) is 0 Å². The molecule has 2 heterocycles. The Bertz CT molecular complexity index is 1330. The van der Waals surface area contributed by atoms with E-state index in [2.05, 4.69) is 46.4 Å². The molecule has 2 aromatic heterocycles. The second-order valence-corrected chi connectivity index (χ2v) is 7.82. The summed E-state index contributed by atoms with van der Waals surface area (Å²) in [5.74, 6) is 0. The summed E-state index contributed by atoms with van der Waals surface area (Å²) < 4.78 is 0. The van der Waals surface area contributed by atoms with Crippen molar-refractivity contribution in [2.24, 2.45) is 0 Å². The van der Waals surface area contributed by atoms with Gasteiger partial charge in [-0.1, -0.05) is 61.5 Å². The van der Waals surface area contributed by atoms with Gasteiger partial charge in [0.05, 0.1) is 0 Å². The molecule has 0 bridgehead atoms. The fourth-order valence-electron chi connectivity index (χ4n) is 3.47. The van der Waals surface area contributed by atoms with Crippen LogP contribution in [0.4, 0.5) is 0 Å². The monoisotopic (exact) mass is 630 g/mol. The van der Waals surface area contributed by atoms with Gasteiger partial charge in [0.15, 0.2) is 0 Å². The van der Waals surface area contributed by atoms with Gasteiger partial charge in [0, 0.05) is 38.6 Å². The molecule has 0 spiro atoms. The van der Waals surface area contributed by atoms with Crippen LogP contribution in [0, 0.1) is 37.3 Å². The van der Waals surface area contributed by atoms with Gasteiger partial charge in [-0.15, -0.1) is 65.2 Å². The molecular formula is C31H23IrN3-2. The van der Waals surface area contributed by atoms with Crippen molar-refractivity contribution in [3.05, 3.63) is 132 Å². The van der Waals surface area contributed by atoms with Crippen molar-refractivity contribution in [1.82, 2.24) is 9.97 Å². The molecule has 0 aliphatic heterocycles. The minimum absolute atomic E-state index is 0. The Balaban J connectivity index is 0.000000192. The van der Waals surface area contributed by atoms with Crippen LogP contribution in [0.15, 0.2) is 103 Å². The molecule has 0 unspecified atom stereocenters. The maximum atomic E-state index is 9.12. The zero-order valence-corrected chi connectivity index (χ0v) is 21.9. The van der Waals surface area contributed by atoms with E-state index in [0.29, 0.717) is 5.56 Å². The summed E-state index contributed by atoms with van der Waals surface area (Å²) in [6, 6.07) is 38.4. The van der Waals surface area contributed by atoms with Crippen LogP contribution in [0.5, 0.6) is 0 Å². The molecule has 0 aliphatic rings. The van der Waals surface area contributed by atoms with Crippen molar-refractivity contribution in [3.63, 3.8) is 0 Å². The first-order valence-electron chi connectivity index (χ1n) is 11.0.